The summed E-state index contributed by atoms with van der Waals surface area (Å²) >= 11 is 0. The van der Waals surface area contributed by atoms with Gasteiger partial charge in [-0.3, -0.25) is 4.79 Å². The fourth-order valence-corrected chi connectivity index (χ4v) is 6.99. The van der Waals surface area contributed by atoms with Crippen molar-refractivity contribution in [3.63, 3.8) is 0 Å². The van der Waals surface area contributed by atoms with E-state index in [1.807, 2.05) is 0 Å². The van der Waals surface area contributed by atoms with Crippen LogP contribution < -0.4 is 21.4 Å². The average molecular weight is 677 g/mol. The summed E-state index contributed by atoms with van der Waals surface area (Å²) in [5, 5.41) is 11.6. The highest BCUT2D eigenvalue weighted by molar-refractivity contribution is 5.84. The summed E-state index contributed by atoms with van der Waals surface area (Å²) in [4.78, 5) is 24.4. The molecule has 1 aliphatic rings. The van der Waals surface area contributed by atoms with Crippen LogP contribution in [0.2, 0.25) is 0 Å². The molecule has 9 rings (SSSR count). The van der Waals surface area contributed by atoms with Crippen molar-refractivity contribution in [2.75, 3.05) is 0 Å². The fourth-order valence-electron chi connectivity index (χ4n) is 6.99. The van der Waals surface area contributed by atoms with Gasteiger partial charge >= 0.3 is 0 Å². The van der Waals surface area contributed by atoms with Gasteiger partial charge in [0.05, 0.1) is 0 Å². The van der Waals surface area contributed by atoms with E-state index in [1.54, 1.807) is 0 Å². The van der Waals surface area contributed by atoms with E-state index < -0.39 is 5.97 Å². The molecule has 0 saturated carbocycles. The third-order valence-corrected chi connectivity index (χ3v) is 9.15. The summed E-state index contributed by atoms with van der Waals surface area (Å²) in [5.41, 5.74) is 13.1. The predicted molar refractivity (Wildman–Crippen MR) is 207 cm³/mol. The summed E-state index contributed by atoms with van der Waals surface area (Å²) in [7, 11) is 0. The van der Waals surface area contributed by atoms with Crippen molar-refractivity contribution in [3.05, 3.63) is 236 Å². The van der Waals surface area contributed by atoms with Gasteiger partial charge in [0.2, 0.25) is 0 Å². The Morgan fingerprint density at radius 2 is 0.558 bits per heavy atom. The number of carboxylic acid groups (broad SMARTS) is 1. The monoisotopic (exact) mass is 676 g/mol. The van der Waals surface area contributed by atoms with Crippen molar-refractivity contribution < 1.29 is 9.90 Å². The summed E-state index contributed by atoms with van der Waals surface area (Å²) in [6, 6.07) is 60.0. The minimum Gasteiger partial charge on any atom is -0.481 e. The maximum atomic E-state index is 9.00. The van der Waals surface area contributed by atoms with Crippen LogP contribution in [-0.2, 0) is 4.79 Å². The van der Waals surface area contributed by atoms with E-state index in [1.165, 1.54) is 0 Å². The lowest BCUT2D eigenvalue weighted by atomic mass is 10.0. The number of carbonyl (C=O) groups is 1. The molecule has 0 atom stereocenters. The molecule has 4 aromatic heterocycles. The Morgan fingerprint density at radius 3 is 0.769 bits per heavy atom. The van der Waals surface area contributed by atoms with Crippen molar-refractivity contribution in [2.24, 2.45) is 0 Å². The molecule has 0 aliphatic carbocycles. The van der Waals surface area contributed by atoms with Gasteiger partial charge in [0.15, 0.2) is 0 Å². The summed E-state index contributed by atoms with van der Waals surface area (Å²) in [6.45, 7) is 1.08. The van der Waals surface area contributed by atoms with Gasteiger partial charge in [-0.05, 0) is 70.8 Å². The van der Waals surface area contributed by atoms with Crippen LogP contribution in [0.3, 0.4) is 0 Å². The Labute approximate surface area is 300 Å². The van der Waals surface area contributed by atoms with Crippen molar-refractivity contribution >= 4 is 28.3 Å². The zero-order valence-electron chi connectivity index (χ0n) is 28.5. The van der Waals surface area contributed by atoms with Gasteiger partial charge in [0, 0.05) is 73.4 Å². The second-order valence-corrected chi connectivity index (χ2v) is 12.6. The third-order valence-electron chi connectivity index (χ3n) is 9.15. The Hall–Kier alpha value is -7.05. The number of nitrogens with one attached hydrogen (secondary N) is 4. The molecule has 0 amide bonds. The highest BCUT2D eigenvalue weighted by Gasteiger charge is 2.18. The maximum absolute atomic E-state index is 9.00. The van der Waals surface area contributed by atoms with Crippen LogP contribution in [0.4, 0.5) is 0 Å². The van der Waals surface area contributed by atoms with E-state index in [2.05, 4.69) is 190 Å². The van der Waals surface area contributed by atoms with Gasteiger partial charge in [-0.25, -0.2) is 0 Å². The van der Waals surface area contributed by atoms with Gasteiger partial charge in [-0.15, -0.1) is 0 Å². The van der Waals surface area contributed by atoms with Gasteiger partial charge in [0.1, 0.15) is 0 Å². The lowest BCUT2D eigenvalue weighted by Crippen LogP contribution is -2.19. The second kappa shape index (κ2) is 14.1. The van der Waals surface area contributed by atoms with Crippen LogP contribution in [0.25, 0.3) is 22.3 Å². The number of rotatable bonds is 4. The number of hydrogen-bond acceptors (Lipinski definition) is 1. The molecule has 4 aromatic carbocycles. The third kappa shape index (κ3) is 6.37. The SMILES string of the molecule is CC(=O)O.c1ccc(C2=c3ccc([nH]3)=C(c3ccccc3)c3ccc([nH]3)C(c3ccccc3)=c3ccc([nH]3)=C(c3ccccc3)c3ccc2[nH]3)cc1. The highest BCUT2D eigenvalue weighted by atomic mass is 16.4. The first-order chi connectivity index (χ1) is 25.5. The Morgan fingerprint density at radius 1 is 0.346 bits per heavy atom. The minimum atomic E-state index is -0.833. The molecule has 5 heterocycles. The van der Waals surface area contributed by atoms with Crippen LogP contribution in [0.15, 0.2) is 170 Å². The summed E-state index contributed by atoms with van der Waals surface area (Å²) in [6.07, 6.45) is 0. The molecule has 6 heteroatoms. The van der Waals surface area contributed by atoms with E-state index >= 15 is 0 Å². The van der Waals surface area contributed by atoms with Gasteiger partial charge in [-0.1, -0.05) is 121 Å². The zero-order valence-corrected chi connectivity index (χ0v) is 28.5. The Balaban J connectivity index is 0.000000922. The molecular formula is C46H36N4O2. The number of aromatic amines is 4. The fraction of sp³-hybridized carbons (Fsp3) is 0.0217. The van der Waals surface area contributed by atoms with Crippen LogP contribution in [0, 0.1) is 0 Å². The van der Waals surface area contributed by atoms with Crippen molar-refractivity contribution in [1.29, 1.82) is 0 Å². The molecule has 8 aromatic rings. The molecular weight excluding hydrogens is 641 g/mol. The highest BCUT2D eigenvalue weighted by Crippen LogP contribution is 2.27. The van der Waals surface area contributed by atoms with E-state index in [9.17, 15) is 0 Å². The Bertz CT molecular complexity index is 2380. The van der Waals surface area contributed by atoms with Crippen molar-refractivity contribution in [3.8, 4) is 0 Å². The number of benzene rings is 4. The van der Waals surface area contributed by atoms with Gasteiger partial charge in [0.25, 0.3) is 5.97 Å². The molecule has 1 aliphatic heterocycles. The number of aromatic nitrogens is 4. The lowest BCUT2D eigenvalue weighted by Gasteiger charge is -2.09. The number of H-pyrrole nitrogens is 4. The van der Waals surface area contributed by atoms with E-state index in [4.69, 9.17) is 9.90 Å². The van der Waals surface area contributed by atoms with E-state index in [0.717, 1.165) is 95.6 Å². The van der Waals surface area contributed by atoms with Gasteiger partial charge in [-0.2, -0.15) is 0 Å². The van der Waals surface area contributed by atoms with Gasteiger partial charge < -0.3 is 25.0 Å². The first kappa shape index (κ1) is 32.2. The zero-order chi connectivity index (χ0) is 35.4. The smallest absolute Gasteiger partial charge is 0.300 e. The second-order valence-electron chi connectivity index (χ2n) is 12.6. The molecule has 8 bridgehead atoms. The maximum Gasteiger partial charge on any atom is 0.300 e. The van der Waals surface area contributed by atoms with Crippen molar-refractivity contribution in [1.82, 2.24) is 19.9 Å². The van der Waals surface area contributed by atoms with Crippen LogP contribution >= 0.6 is 0 Å². The molecule has 0 fully saturated rings. The normalized spacial score (nSPS) is 12.3. The molecule has 52 heavy (non-hydrogen) atoms. The summed E-state index contributed by atoms with van der Waals surface area (Å²) in [5.74, 6) is -0.833. The van der Waals surface area contributed by atoms with Crippen molar-refractivity contribution in [2.45, 2.75) is 6.92 Å². The number of aliphatic carboxylic acids is 1. The molecule has 252 valence electrons. The average Bonchev–Trinajstić information content (AvgIpc) is 4.01. The largest absolute Gasteiger partial charge is 0.481 e. The predicted octanol–water partition coefficient (Wildman–Crippen LogP) is 6.39. The molecule has 6 nitrogen and oxygen atoms in total. The number of carboxylic acids is 1. The van der Waals surface area contributed by atoms with Crippen LogP contribution in [-0.4, -0.2) is 31.0 Å². The van der Waals surface area contributed by atoms with Crippen LogP contribution in [0.1, 0.15) is 52.0 Å². The quantitative estimate of drug-likeness (QED) is 0.149. The molecule has 0 saturated heterocycles. The standard InChI is InChI=1S/C44H32N4.C2H4O2/c1-5-13-29(14-6-1)41-33-21-23-35(45-33)42(30-15-7-2-8-16-30)37-25-27-39(47-37)44(32-19-11-4-12-20-32)40-28-26-38(48-40)43(31-17-9-3-10-18-31)36-24-22-34(41)46-36;1-2(3)4/h1-28,45-48H;1H3,(H,3,4). The van der Waals surface area contributed by atoms with E-state index in [-0.39, 0.29) is 0 Å². The molecule has 0 unspecified atom stereocenters. The minimum absolute atomic E-state index is 0.833. The molecule has 0 spiro atoms. The first-order valence-corrected chi connectivity index (χ1v) is 17.2. The van der Waals surface area contributed by atoms with E-state index in [0.29, 0.717) is 0 Å². The first-order valence-electron chi connectivity index (χ1n) is 17.2. The molecule has 0 radical (unpaired) electrons. The number of fused-ring (bicyclic) bond motifs is 8. The van der Waals surface area contributed by atoms with Crippen LogP contribution in [0.5, 0.6) is 0 Å². The Kier molecular flexibility index (Phi) is 8.70. The molecule has 5 N–H and O–H groups in total. The topological polar surface area (TPSA) is 100 Å². The lowest BCUT2D eigenvalue weighted by molar-refractivity contribution is -0.134. The summed E-state index contributed by atoms with van der Waals surface area (Å²) < 4.78 is 0. The number of hydrogen-bond donors (Lipinski definition) is 5.